The number of guanidine groups is 1. The highest BCUT2D eigenvalue weighted by Gasteiger charge is 2.07. The summed E-state index contributed by atoms with van der Waals surface area (Å²) in [5, 5.41) is 6.58. The molecule has 2 N–H and O–H groups in total. The molecule has 6 nitrogen and oxygen atoms in total. The first kappa shape index (κ1) is 25.0. The van der Waals surface area contributed by atoms with Gasteiger partial charge in [-0.3, -0.25) is 0 Å². The van der Waals surface area contributed by atoms with Crippen molar-refractivity contribution in [2.24, 2.45) is 4.99 Å². The van der Waals surface area contributed by atoms with Gasteiger partial charge in [-0.25, -0.2) is 4.99 Å². The third-order valence-electron chi connectivity index (χ3n) is 3.99. The van der Waals surface area contributed by atoms with Crippen LogP contribution in [0.1, 0.15) is 31.9 Å². The first-order valence-corrected chi connectivity index (χ1v) is 9.71. The van der Waals surface area contributed by atoms with Crippen LogP contribution in [-0.4, -0.2) is 32.8 Å². The van der Waals surface area contributed by atoms with Gasteiger partial charge >= 0.3 is 0 Å². The maximum absolute atomic E-state index is 5.57. The molecule has 0 atom stereocenters. The fraction of sp³-hybridized carbons (Fsp3) is 0.409. The molecule has 2 aromatic carbocycles. The van der Waals surface area contributed by atoms with Crippen molar-refractivity contribution in [3.8, 4) is 11.5 Å². The van der Waals surface area contributed by atoms with Crippen molar-refractivity contribution in [1.29, 1.82) is 0 Å². The fourth-order valence-electron chi connectivity index (χ4n) is 2.60. The zero-order chi connectivity index (χ0) is 20.2. The average molecular weight is 513 g/mol. The van der Waals surface area contributed by atoms with Gasteiger partial charge < -0.3 is 24.8 Å². The van der Waals surface area contributed by atoms with Crippen molar-refractivity contribution in [3.05, 3.63) is 53.6 Å². The largest absolute Gasteiger partial charge is 0.493 e. The lowest BCUT2D eigenvalue weighted by Gasteiger charge is -2.14. The Bertz CT molecular complexity index is 751. The molecular formula is C22H32IN3O3. The molecule has 7 heteroatoms. The van der Waals surface area contributed by atoms with Gasteiger partial charge in [-0.15, -0.1) is 24.0 Å². The molecular weight excluding hydrogens is 481 g/mol. The van der Waals surface area contributed by atoms with Gasteiger partial charge in [0.15, 0.2) is 17.5 Å². The predicted octanol–water partition coefficient (Wildman–Crippen LogP) is 4.83. The van der Waals surface area contributed by atoms with E-state index >= 15 is 0 Å². The first-order chi connectivity index (χ1) is 13.7. The average Bonchev–Trinajstić information content (AvgIpc) is 2.72. The number of hydrogen-bond acceptors (Lipinski definition) is 4. The number of halogens is 1. The Balaban J connectivity index is 0.00000420. The zero-order valence-electron chi connectivity index (χ0n) is 17.7. The van der Waals surface area contributed by atoms with Crippen LogP contribution in [0.25, 0.3) is 0 Å². The van der Waals surface area contributed by atoms with Crippen molar-refractivity contribution in [2.75, 3.05) is 32.2 Å². The van der Waals surface area contributed by atoms with Gasteiger partial charge in [0.2, 0.25) is 0 Å². The van der Waals surface area contributed by atoms with Crippen molar-refractivity contribution < 1.29 is 14.2 Å². The minimum atomic E-state index is 0. The third-order valence-corrected chi connectivity index (χ3v) is 3.99. The monoisotopic (exact) mass is 513 g/mol. The van der Waals surface area contributed by atoms with Crippen LogP contribution in [0.15, 0.2) is 47.5 Å². The molecule has 0 aromatic heterocycles. The molecule has 0 aliphatic carbocycles. The van der Waals surface area contributed by atoms with Gasteiger partial charge in [0.1, 0.15) is 0 Å². The summed E-state index contributed by atoms with van der Waals surface area (Å²) in [6, 6.07) is 14.1. The molecule has 0 amide bonds. The molecule has 0 radical (unpaired) electrons. The maximum atomic E-state index is 5.57. The second-order valence-corrected chi connectivity index (χ2v) is 6.07. The molecule has 0 spiro atoms. The van der Waals surface area contributed by atoms with E-state index in [2.05, 4.69) is 39.9 Å². The van der Waals surface area contributed by atoms with Crippen LogP contribution >= 0.6 is 24.0 Å². The number of ether oxygens (including phenoxy) is 3. The van der Waals surface area contributed by atoms with Gasteiger partial charge in [0, 0.05) is 24.9 Å². The second kappa shape index (κ2) is 14.1. The highest BCUT2D eigenvalue weighted by molar-refractivity contribution is 14.0. The predicted molar refractivity (Wildman–Crippen MR) is 130 cm³/mol. The van der Waals surface area contributed by atoms with Crippen molar-refractivity contribution in [2.45, 2.75) is 33.9 Å². The standard InChI is InChI=1S/C22H31N3O3.HI/c1-5-23-22(24-15-17-8-10-18(11-9-17)16-27-6-2)25-19-12-13-20(28-7-3)21(14-19)26-4;/h8-14H,5-7,15-16H2,1-4H3,(H2,23,24,25);1H. The quantitative estimate of drug-likeness (QED) is 0.271. The zero-order valence-corrected chi connectivity index (χ0v) is 20.0. The smallest absolute Gasteiger partial charge is 0.196 e. The van der Waals surface area contributed by atoms with Gasteiger partial charge in [0.25, 0.3) is 0 Å². The van der Waals surface area contributed by atoms with Gasteiger partial charge in [-0.05, 0) is 44.0 Å². The molecule has 29 heavy (non-hydrogen) atoms. The van der Waals surface area contributed by atoms with Gasteiger partial charge in [-0.2, -0.15) is 0 Å². The van der Waals surface area contributed by atoms with Crippen LogP contribution < -0.4 is 20.1 Å². The summed E-state index contributed by atoms with van der Waals surface area (Å²) in [6.07, 6.45) is 0. The molecule has 0 saturated carbocycles. The molecule has 0 fully saturated rings. The maximum Gasteiger partial charge on any atom is 0.196 e. The molecule has 2 aromatic rings. The summed E-state index contributed by atoms with van der Waals surface area (Å²) < 4.78 is 16.4. The Morgan fingerprint density at radius 1 is 0.931 bits per heavy atom. The molecule has 0 aliphatic heterocycles. The van der Waals surface area contributed by atoms with Crippen molar-refractivity contribution in [1.82, 2.24) is 5.32 Å². The first-order valence-electron chi connectivity index (χ1n) is 9.71. The summed E-state index contributed by atoms with van der Waals surface area (Å²) in [5.41, 5.74) is 3.19. The Labute approximate surface area is 191 Å². The summed E-state index contributed by atoms with van der Waals surface area (Å²) in [7, 11) is 1.64. The normalized spacial score (nSPS) is 10.8. The molecule has 160 valence electrons. The fourth-order valence-corrected chi connectivity index (χ4v) is 2.60. The number of anilines is 1. The number of benzene rings is 2. The van der Waals surface area contributed by atoms with Crippen LogP contribution in [0.2, 0.25) is 0 Å². The minimum Gasteiger partial charge on any atom is -0.493 e. The highest BCUT2D eigenvalue weighted by atomic mass is 127. The van der Waals surface area contributed by atoms with Crippen LogP contribution in [0, 0.1) is 0 Å². The third kappa shape index (κ3) is 8.49. The second-order valence-electron chi connectivity index (χ2n) is 6.07. The van der Waals surface area contributed by atoms with E-state index in [-0.39, 0.29) is 24.0 Å². The summed E-state index contributed by atoms with van der Waals surface area (Å²) in [4.78, 5) is 4.68. The van der Waals surface area contributed by atoms with E-state index < -0.39 is 0 Å². The van der Waals surface area contributed by atoms with Crippen LogP contribution in [0.5, 0.6) is 11.5 Å². The number of hydrogen-bond donors (Lipinski definition) is 2. The summed E-state index contributed by atoms with van der Waals surface area (Å²) in [5.74, 6) is 2.13. The number of aliphatic imine (C=N–C) groups is 1. The van der Waals surface area contributed by atoms with Gasteiger partial charge in [0.05, 0.1) is 26.9 Å². The lowest BCUT2D eigenvalue weighted by atomic mass is 10.1. The van der Waals surface area contributed by atoms with E-state index in [9.17, 15) is 0 Å². The van der Waals surface area contributed by atoms with E-state index in [4.69, 9.17) is 14.2 Å². The van der Waals surface area contributed by atoms with Crippen LogP contribution in [0.4, 0.5) is 5.69 Å². The highest BCUT2D eigenvalue weighted by Crippen LogP contribution is 2.30. The molecule has 0 heterocycles. The lowest BCUT2D eigenvalue weighted by Crippen LogP contribution is -2.30. The minimum absolute atomic E-state index is 0. The van der Waals surface area contributed by atoms with Gasteiger partial charge in [-0.1, -0.05) is 24.3 Å². The SMILES string of the molecule is CCNC(=NCc1ccc(COCC)cc1)Nc1ccc(OCC)c(OC)c1.I. The Kier molecular flexibility index (Phi) is 12.1. The Hall–Kier alpha value is -2.00. The van der Waals surface area contributed by atoms with E-state index in [1.54, 1.807) is 7.11 Å². The molecule has 0 saturated heterocycles. The topological polar surface area (TPSA) is 64.1 Å². The van der Waals surface area contributed by atoms with E-state index in [0.717, 1.165) is 30.2 Å². The van der Waals surface area contributed by atoms with Crippen LogP contribution in [-0.2, 0) is 17.9 Å². The molecule has 0 unspecified atom stereocenters. The van der Waals surface area contributed by atoms with E-state index in [1.165, 1.54) is 5.56 Å². The number of rotatable bonds is 10. The number of nitrogens with one attached hydrogen (secondary N) is 2. The number of nitrogens with zero attached hydrogens (tertiary/aromatic N) is 1. The Morgan fingerprint density at radius 2 is 1.66 bits per heavy atom. The number of methoxy groups -OCH3 is 1. The van der Waals surface area contributed by atoms with Crippen molar-refractivity contribution >= 4 is 35.6 Å². The van der Waals surface area contributed by atoms with Crippen LogP contribution in [0.3, 0.4) is 0 Å². The Morgan fingerprint density at radius 3 is 2.28 bits per heavy atom. The van der Waals surface area contributed by atoms with E-state index in [1.807, 2.05) is 39.0 Å². The summed E-state index contributed by atoms with van der Waals surface area (Å²) in [6.45, 7) is 9.30. The molecule has 2 rings (SSSR count). The molecule has 0 aliphatic rings. The summed E-state index contributed by atoms with van der Waals surface area (Å²) >= 11 is 0. The molecule has 0 bridgehead atoms. The van der Waals surface area contributed by atoms with Crippen molar-refractivity contribution in [3.63, 3.8) is 0 Å². The lowest BCUT2D eigenvalue weighted by molar-refractivity contribution is 0.134. The van der Waals surface area contributed by atoms with E-state index in [0.29, 0.717) is 31.5 Å².